The molecule has 2 nitrogen and oxygen atoms in total. The highest BCUT2D eigenvalue weighted by molar-refractivity contribution is 5.86. The number of hydrogen-bond donors (Lipinski definition) is 2. The summed E-state index contributed by atoms with van der Waals surface area (Å²) in [7, 11) is 0. The van der Waals surface area contributed by atoms with Gasteiger partial charge in [0.25, 0.3) is 0 Å². The van der Waals surface area contributed by atoms with E-state index in [9.17, 15) is 14.6 Å². The first kappa shape index (κ1) is 17.4. The standard InChI is InChI=1S/C25H16F2O2/c26-22-14-13-20-19-3-1-2-4-21(19)25(23(20)24(22)27,15-5-9-17(28)10-6-15)16-7-11-18(29)12-8-16/h1-14,28-29H. The van der Waals surface area contributed by atoms with Gasteiger partial charge in [0, 0.05) is 5.56 Å². The fourth-order valence-electron chi connectivity index (χ4n) is 4.51. The van der Waals surface area contributed by atoms with Crippen molar-refractivity contribution in [2.45, 2.75) is 5.41 Å². The molecule has 4 heteroatoms. The zero-order chi connectivity index (χ0) is 20.2. The van der Waals surface area contributed by atoms with Crippen LogP contribution in [0, 0.1) is 11.6 Å². The number of halogens is 2. The van der Waals surface area contributed by atoms with Gasteiger partial charge in [-0.1, -0.05) is 54.6 Å². The zero-order valence-electron chi connectivity index (χ0n) is 15.2. The first-order valence-electron chi connectivity index (χ1n) is 9.21. The first-order valence-corrected chi connectivity index (χ1v) is 9.21. The lowest BCUT2D eigenvalue weighted by Gasteiger charge is -2.34. The van der Waals surface area contributed by atoms with Gasteiger partial charge in [0.05, 0.1) is 5.41 Å². The largest absolute Gasteiger partial charge is 0.508 e. The van der Waals surface area contributed by atoms with Crippen LogP contribution in [0.2, 0.25) is 0 Å². The van der Waals surface area contributed by atoms with Crippen LogP contribution in [0.3, 0.4) is 0 Å². The van der Waals surface area contributed by atoms with Crippen molar-refractivity contribution in [2.75, 3.05) is 0 Å². The molecule has 0 saturated carbocycles. The van der Waals surface area contributed by atoms with Crippen molar-refractivity contribution in [1.82, 2.24) is 0 Å². The molecule has 4 aromatic rings. The Morgan fingerprint density at radius 2 is 1.14 bits per heavy atom. The molecule has 0 fully saturated rings. The van der Waals surface area contributed by atoms with Gasteiger partial charge < -0.3 is 10.2 Å². The number of hydrogen-bond acceptors (Lipinski definition) is 2. The maximum atomic E-state index is 15.4. The van der Waals surface area contributed by atoms with Crippen molar-refractivity contribution >= 4 is 0 Å². The number of fused-ring (bicyclic) bond motifs is 3. The van der Waals surface area contributed by atoms with Crippen LogP contribution in [-0.2, 0) is 5.41 Å². The monoisotopic (exact) mass is 386 g/mol. The SMILES string of the molecule is Oc1ccc(C2(c3ccc(O)cc3)c3ccccc3-c3ccc(F)c(F)c32)cc1. The molecule has 1 aliphatic rings. The molecule has 0 atom stereocenters. The van der Waals surface area contributed by atoms with Gasteiger partial charge in [0.15, 0.2) is 11.6 Å². The molecule has 0 radical (unpaired) electrons. The molecule has 0 amide bonds. The van der Waals surface area contributed by atoms with Crippen LogP contribution in [0.4, 0.5) is 8.78 Å². The number of phenols is 2. The number of benzene rings is 4. The molecule has 0 saturated heterocycles. The van der Waals surface area contributed by atoms with Crippen molar-refractivity contribution in [3.8, 4) is 22.6 Å². The van der Waals surface area contributed by atoms with Crippen molar-refractivity contribution < 1.29 is 19.0 Å². The molecule has 1 aliphatic carbocycles. The third-order valence-corrected chi connectivity index (χ3v) is 5.69. The molecule has 0 unspecified atom stereocenters. The van der Waals surface area contributed by atoms with Crippen LogP contribution in [0.25, 0.3) is 11.1 Å². The van der Waals surface area contributed by atoms with Crippen molar-refractivity contribution in [1.29, 1.82) is 0 Å². The summed E-state index contributed by atoms with van der Waals surface area (Å²) in [6, 6.07) is 23.3. The van der Waals surface area contributed by atoms with Gasteiger partial charge in [-0.15, -0.1) is 0 Å². The Balaban J connectivity index is 1.99. The van der Waals surface area contributed by atoms with Crippen molar-refractivity contribution in [3.05, 3.63) is 119 Å². The molecule has 4 aromatic carbocycles. The van der Waals surface area contributed by atoms with E-state index in [1.807, 2.05) is 24.3 Å². The lowest BCUT2D eigenvalue weighted by Crippen LogP contribution is -2.30. The highest BCUT2D eigenvalue weighted by Crippen LogP contribution is 2.57. The molecule has 29 heavy (non-hydrogen) atoms. The molecule has 5 rings (SSSR count). The van der Waals surface area contributed by atoms with E-state index in [1.165, 1.54) is 24.3 Å². The highest BCUT2D eigenvalue weighted by atomic mass is 19.2. The van der Waals surface area contributed by atoms with Gasteiger partial charge in [0.1, 0.15) is 11.5 Å². The molecule has 0 aromatic heterocycles. The quantitative estimate of drug-likeness (QED) is 0.406. The van der Waals surface area contributed by atoms with Gasteiger partial charge in [-0.25, -0.2) is 8.78 Å². The van der Waals surface area contributed by atoms with Gasteiger partial charge >= 0.3 is 0 Å². The van der Waals surface area contributed by atoms with Crippen LogP contribution in [-0.4, -0.2) is 10.2 Å². The molecule has 142 valence electrons. The summed E-state index contributed by atoms with van der Waals surface area (Å²) in [6.45, 7) is 0. The molecule has 0 heterocycles. The fourth-order valence-corrected chi connectivity index (χ4v) is 4.51. The van der Waals surface area contributed by atoms with E-state index in [-0.39, 0.29) is 17.1 Å². The van der Waals surface area contributed by atoms with E-state index in [2.05, 4.69) is 0 Å². The zero-order valence-corrected chi connectivity index (χ0v) is 15.2. The Bertz CT molecular complexity index is 1180. The first-order chi connectivity index (χ1) is 14.0. The smallest absolute Gasteiger partial charge is 0.164 e. The van der Waals surface area contributed by atoms with E-state index in [0.29, 0.717) is 16.7 Å². The number of phenolic OH excluding ortho intramolecular Hbond substituents is 2. The molecular formula is C25H16F2O2. The molecule has 2 N–H and O–H groups in total. The summed E-state index contributed by atoms with van der Waals surface area (Å²) < 4.78 is 29.9. The van der Waals surface area contributed by atoms with E-state index in [4.69, 9.17) is 0 Å². The van der Waals surface area contributed by atoms with Crippen LogP contribution < -0.4 is 0 Å². The maximum absolute atomic E-state index is 15.4. The second-order valence-corrected chi connectivity index (χ2v) is 7.17. The van der Waals surface area contributed by atoms with Crippen LogP contribution in [0.5, 0.6) is 11.5 Å². The Labute approximate surface area is 166 Å². The van der Waals surface area contributed by atoms with Gasteiger partial charge in [-0.05, 0) is 58.1 Å². The number of rotatable bonds is 2. The van der Waals surface area contributed by atoms with E-state index >= 15 is 4.39 Å². The molecule has 0 bridgehead atoms. The Hall–Kier alpha value is -3.66. The lowest BCUT2D eigenvalue weighted by atomic mass is 9.67. The Morgan fingerprint density at radius 3 is 1.72 bits per heavy atom. The predicted octanol–water partition coefficient (Wildman–Crippen LogP) is 5.74. The topological polar surface area (TPSA) is 40.5 Å². The minimum Gasteiger partial charge on any atom is -0.508 e. The predicted molar refractivity (Wildman–Crippen MR) is 107 cm³/mol. The van der Waals surface area contributed by atoms with Gasteiger partial charge in [-0.2, -0.15) is 0 Å². The van der Waals surface area contributed by atoms with E-state index in [1.54, 1.807) is 30.3 Å². The van der Waals surface area contributed by atoms with E-state index in [0.717, 1.165) is 17.2 Å². The van der Waals surface area contributed by atoms with Gasteiger partial charge in [0.2, 0.25) is 0 Å². The van der Waals surface area contributed by atoms with Crippen molar-refractivity contribution in [3.63, 3.8) is 0 Å². The summed E-state index contributed by atoms with van der Waals surface area (Å²) in [5, 5.41) is 19.6. The maximum Gasteiger partial charge on any atom is 0.164 e. The second kappa shape index (κ2) is 6.17. The molecular weight excluding hydrogens is 370 g/mol. The minimum absolute atomic E-state index is 0.0841. The third-order valence-electron chi connectivity index (χ3n) is 5.69. The molecule has 0 aliphatic heterocycles. The summed E-state index contributed by atoms with van der Waals surface area (Å²) in [5.74, 6) is -1.65. The van der Waals surface area contributed by atoms with Crippen LogP contribution in [0.1, 0.15) is 22.3 Å². The van der Waals surface area contributed by atoms with Crippen LogP contribution >= 0.6 is 0 Å². The average molecular weight is 386 g/mol. The summed E-state index contributed by atoms with van der Waals surface area (Å²) in [6.07, 6.45) is 0. The highest BCUT2D eigenvalue weighted by Gasteiger charge is 2.48. The normalized spacial score (nSPS) is 13.7. The Kier molecular flexibility index (Phi) is 3.71. The summed E-state index contributed by atoms with van der Waals surface area (Å²) in [5.41, 5.74) is 2.75. The third kappa shape index (κ3) is 2.32. The van der Waals surface area contributed by atoms with Crippen LogP contribution in [0.15, 0.2) is 84.9 Å². The fraction of sp³-hybridized carbons (Fsp3) is 0.0400. The Morgan fingerprint density at radius 1 is 0.586 bits per heavy atom. The average Bonchev–Trinajstić information content (AvgIpc) is 3.04. The summed E-state index contributed by atoms with van der Waals surface area (Å²) in [4.78, 5) is 0. The van der Waals surface area contributed by atoms with Crippen molar-refractivity contribution in [2.24, 2.45) is 0 Å². The van der Waals surface area contributed by atoms with E-state index < -0.39 is 17.0 Å². The minimum atomic E-state index is -1.13. The second-order valence-electron chi connectivity index (χ2n) is 7.17. The lowest BCUT2D eigenvalue weighted by molar-refractivity contribution is 0.473. The number of aromatic hydroxyl groups is 2. The summed E-state index contributed by atoms with van der Waals surface area (Å²) >= 11 is 0. The van der Waals surface area contributed by atoms with Gasteiger partial charge in [-0.3, -0.25) is 0 Å². The molecule has 0 spiro atoms.